The van der Waals surface area contributed by atoms with Gasteiger partial charge in [-0.15, -0.1) is 11.8 Å². The highest BCUT2D eigenvalue weighted by Crippen LogP contribution is 2.35. The fourth-order valence-corrected chi connectivity index (χ4v) is 3.22. The summed E-state index contributed by atoms with van der Waals surface area (Å²) in [6, 6.07) is 13.7. The fraction of sp³-hybridized carbons (Fsp3) is 0.235. The lowest BCUT2D eigenvalue weighted by Crippen LogP contribution is -2.30. The van der Waals surface area contributed by atoms with Crippen molar-refractivity contribution in [3.8, 4) is 11.5 Å². The molecule has 0 aliphatic rings. The van der Waals surface area contributed by atoms with E-state index in [9.17, 15) is 0 Å². The molecule has 7 heteroatoms. The Kier molecular flexibility index (Phi) is 7.49. The SMILES string of the molecule is COc1cc(OC)c(NC(=S)NCCSc2ccccc2)cc1Cl. The second kappa shape index (κ2) is 9.61. The first-order chi connectivity index (χ1) is 11.6. The van der Waals surface area contributed by atoms with Gasteiger partial charge in [-0.1, -0.05) is 29.8 Å². The van der Waals surface area contributed by atoms with Crippen LogP contribution in [0.25, 0.3) is 0 Å². The summed E-state index contributed by atoms with van der Waals surface area (Å²) < 4.78 is 10.5. The van der Waals surface area contributed by atoms with Crippen molar-refractivity contribution < 1.29 is 9.47 Å². The van der Waals surface area contributed by atoms with Gasteiger partial charge in [0, 0.05) is 23.3 Å². The van der Waals surface area contributed by atoms with E-state index < -0.39 is 0 Å². The van der Waals surface area contributed by atoms with Gasteiger partial charge in [0.25, 0.3) is 0 Å². The molecule has 2 aromatic carbocycles. The van der Waals surface area contributed by atoms with Crippen LogP contribution in [0.1, 0.15) is 0 Å². The van der Waals surface area contributed by atoms with Crippen molar-refractivity contribution in [2.45, 2.75) is 4.90 Å². The van der Waals surface area contributed by atoms with E-state index in [1.807, 2.05) is 18.2 Å². The first kappa shape index (κ1) is 18.7. The summed E-state index contributed by atoms with van der Waals surface area (Å²) in [4.78, 5) is 1.24. The molecule has 0 aliphatic heterocycles. The predicted molar refractivity (Wildman–Crippen MR) is 106 cm³/mol. The third-order valence-corrected chi connectivity index (χ3v) is 4.68. The molecular formula is C17H19ClN2O2S2. The van der Waals surface area contributed by atoms with Gasteiger partial charge in [-0.05, 0) is 30.4 Å². The molecule has 2 N–H and O–H groups in total. The molecule has 0 spiro atoms. The molecule has 0 aliphatic carbocycles. The Hall–Kier alpha value is -1.63. The summed E-state index contributed by atoms with van der Waals surface area (Å²) in [5.41, 5.74) is 0.691. The van der Waals surface area contributed by atoms with Gasteiger partial charge in [0.15, 0.2) is 5.11 Å². The molecule has 0 amide bonds. The van der Waals surface area contributed by atoms with E-state index >= 15 is 0 Å². The molecule has 0 saturated carbocycles. The zero-order chi connectivity index (χ0) is 17.4. The Morgan fingerprint density at radius 2 is 1.83 bits per heavy atom. The Labute approximate surface area is 156 Å². The highest BCUT2D eigenvalue weighted by molar-refractivity contribution is 7.99. The van der Waals surface area contributed by atoms with E-state index in [0.29, 0.717) is 27.3 Å². The van der Waals surface area contributed by atoms with Gasteiger partial charge in [0.05, 0.1) is 24.9 Å². The summed E-state index contributed by atoms with van der Waals surface area (Å²) >= 11 is 13.2. The van der Waals surface area contributed by atoms with Crippen molar-refractivity contribution in [1.29, 1.82) is 0 Å². The normalized spacial score (nSPS) is 10.1. The average molecular weight is 383 g/mol. The Bertz CT molecular complexity index is 684. The van der Waals surface area contributed by atoms with Crippen LogP contribution >= 0.6 is 35.6 Å². The number of thioether (sulfide) groups is 1. The quantitative estimate of drug-likeness (QED) is 0.419. The number of anilines is 1. The molecule has 0 unspecified atom stereocenters. The summed E-state index contributed by atoms with van der Waals surface area (Å²) in [7, 11) is 3.14. The number of ether oxygens (including phenoxy) is 2. The predicted octanol–water partition coefficient (Wildman–Crippen LogP) is 4.44. The maximum absolute atomic E-state index is 6.15. The van der Waals surface area contributed by atoms with Crippen molar-refractivity contribution in [3.63, 3.8) is 0 Å². The molecule has 0 radical (unpaired) electrons. The van der Waals surface area contributed by atoms with E-state index in [1.165, 1.54) is 4.90 Å². The van der Waals surface area contributed by atoms with Crippen molar-refractivity contribution in [1.82, 2.24) is 5.32 Å². The van der Waals surface area contributed by atoms with Gasteiger partial charge in [-0.2, -0.15) is 0 Å². The van der Waals surface area contributed by atoms with Crippen LogP contribution in [0.4, 0.5) is 5.69 Å². The van der Waals surface area contributed by atoms with Gasteiger partial charge in [-0.25, -0.2) is 0 Å². The first-order valence-electron chi connectivity index (χ1n) is 7.28. The maximum Gasteiger partial charge on any atom is 0.170 e. The molecular weight excluding hydrogens is 364 g/mol. The average Bonchev–Trinajstić information content (AvgIpc) is 2.60. The lowest BCUT2D eigenvalue weighted by Gasteiger charge is -2.15. The second-order valence-electron chi connectivity index (χ2n) is 4.73. The number of hydrogen-bond donors (Lipinski definition) is 2. The standard InChI is InChI=1S/C17H19ClN2O2S2/c1-21-15-11-16(22-2)14(10-13(15)18)20-17(23)19-8-9-24-12-6-4-3-5-7-12/h3-7,10-11H,8-9H2,1-2H3,(H2,19,20,23). The highest BCUT2D eigenvalue weighted by atomic mass is 35.5. The van der Waals surface area contributed by atoms with E-state index in [4.69, 9.17) is 33.3 Å². The Balaban J connectivity index is 1.85. The van der Waals surface area contributed by atoms with Crippen molar-refractivity contribution in [2.24, 2.45) is 0 Å². The zero-order valence-electron chi connectivity index (χ0n) is 13.5. The number of methoxy groups -OCH3 is 2. The number of rotatable bonds is 7. The minimum absolute atomic E-state index is 0.489. The fourth-order valence-electron chi connectivity index (χ4n) is 1.97. The Morgan fingerprint density at radius 1 is 1.12 bits per heavy atom. The molecule has 0 atom stereocenters. The van der Waals surface area contributed by atoms with Crippen molar-refractivity contribution >= 4 is 46.4 Å². The van der Waals surface area contributed by atoms with Gasteiger partial charge in [-0.3, -0.25) is 0 Å². The third kappa shape index (κ3) is 5.47. The topological polar surface area (TPSA) is 42.5 Å². The van der Waals surface area contributed by atoms with Crippen LogP contribution in [-0.2, 0) is 0 Å². The molecule has 2 rings (SSSR count). The monoisotopic (exact) mass is 382 g/mol. The maximum atomic E-state index is 6.15. The highest BCUT2D eigenvalue weighted by Gasteiger charge is 2.11. The van der Waals surface area contributed by atoms with E-state index in [1.54, 1.807) is 38.1 Å². The molecule has 0 heterocycles. The Morgan fingerprint density at radius 3 is 2.50 bits per heavy atom. The molecule has 0 bridgehead atoms. The van der Waals surface area contributed by atoms with E-state index in [-0.39, 0.29) is 0 Å². The van der Waals surface area contributed by atoms with E-state index in [2.05, 4.69) is 22.8 Å². The van der Waals surface area contributed by atoms with Crippen LogP contribution in [0.5, 0.6) is 11.5 Å². The van der Waals surface area contributed by atoms with Crippen LogP contribution in [-0.4, -0.2) is 31.6 Å². The van der Waals surface area contributed by atoms with Crippen LogP contribution in [0.3, 0.4) is 0 Å². The minimum atomic E-state index is 0.489. The number of benzene rings is 2. The van der Waals surface area contributed by atoms with Crippen molar-refractivity contribution in [3.05, 3.63) is 47.5 Å². The molecule has 2 aromatic rings. The van der Waals surface area contributed by atoms with Crippen LogP contribution < -0.4 is 20.1 Å². The molecule has 0 aromatic heterocycles. The van der Waals surface area contributed by atoms with E-state index in [0.717, 1.165) is 12.3 Å². The molecule has 4 nitrogen and oxygen atoms in total. The summed E-state index contributed by atoms with van der Waals surface area (Å²) in [5, 5.41) is 7.27. The van der Waals surface area contributed by atoms with Gasteiger partial charge >= 0.3 is 0 Å². The largest absolute Gasteiger partial charge is 0.495 e. The second-order valence-corrected chi connectivity index (χ2v) is 6.71. The minimum Gasteiger partial charge on any atom is -0.495 e. The molecule has 24 heavy (non-hydrogen) atoms. The molecule has 0 fully saturated rings. The summed E-state index contributed by atoms with van der Waals surface area (Å²) in [5.74, 6) is 2.07. The molecule has 128 valence electrons. The number of thiocarbonyl (C=S) groups is 1. The number of halogens is 1. The number of hydrogen-bond acceptors (Lipinski definition) is 4. The van der Waals surface area contributed by atoms with Gasteiger partial charge in [0.1, 0.15) is 11.5 Å². The number of nitrogens with one attached hydrogen (secondary N) is 2. The van der Waals surface area contributed by atoms with Crippen molar-refractivity contribution in [2.75, 3.05) is 31.8 Å². The third-order valence-electron chi connectivity index (χ3n) is 3.12. The smallest absolute Gasteiger partial charge is 0.170 e. The summed E-state index contributed by atoms with van der Waals surface area (Å²) in [6.45, 7) is 0.748. The lowest BCUT2D eigenvalue weighted by atomic mass is 10.2. The first-order valence-corrected chi connectivity index (χ1v) is 9.05. The van der Waals surface area contributed by atoms with Gasteiger partial charge < -0.3 is 20.1 Å². The van der Waals surface area contributed by atoms with Crippen LogP contribution in [0.2, 0.25) is 5.02 Å². The summed E-state index contributed by atoms with van der Waals surface area (Å²) in [6.07, 6.45) is 0. The van der Waals surface area contributed by atoms with Crippen LogP contribution in [0.15, 0.2) is 47.4 Å². The van der Waals surface area contributed by atoms with Crippen LogP contribution in [0, 0.1) is 0 Å². The zero-order valence-corrected chi connectivity index (χ0v) is 15.9. The lowest BCUT2D eigenvalue weighted by molar-refractivity contribution is 0.396. The van der Waals surface area contributed by atoms with Gasteiger partial charge in [0.2, 0.25) is 0 Å². The molecule has 0 saturated heterocycles.